The summed E-state index contributed by atoms with van der Waals surface area (Å²) in [4.78, 5) is 31.8. The van der Waals surface area contributed by atoms with E-state index in [0.29, 0.717) is 28.5 Å². The van der Waals surface area contributed by atoms with E-state index in [4.69, 9.17) is 4.74 Å². The predicted molar refractivity (Wildman–Crippen MR) is 110 cm³/mol. The molecule has 4 aromatic rings. The minimum atomic E-state index is -0.324. The number of nitrogens with zero attached hydrogens (tertiary/aromatic N) is 1. The number of halogens is 1. The fourth-order valence-corrected chi connectivity index (χ4v) is 3.26. The number of amides is 2. The first-order valence-electron chi connectivity index (χ1n) is 9.19. The maximum absolute atomic E-state index is 13.1. The van der Waals surface area contributed by atoms with E-state index in [1.807, 2.05) is 0 Å². The minimum Gasteiger partial charge on any atom is -0.482 e. The van der Waals surface area contributed by atoms with Crippen molar-refractivity contribution in [3.05, 3.63) is 72.0 Å². The number of anilines is 2. The molecule has 3 N–H and O–H groups in total. The fourth-order valence-electron chi connectivity index (χ4n) is 3.26. The van der Waals surface area contributed by atoms with Gasteiger partial charge in [-0.05, 0) is 60.7 Å². The summed E-state index contributed by atoms with van der Waals surface area (Å²) in [5.41, 5.74) is 3.65. The summed E-state index contributed by atoms with van der Waals surface area (Å²) in [5.74, 6) is 0.238. The van der Waals surface area contributed by atoms with Gasteiger partial charge in [0.15, 0.2) is 6.61 Å². The Hall–Kier alpha value is -4.20. The van der Waals surface area contributed by atoms with Gasteiger partial charge in [0.2, 0.25) is 0 Å². The predicted octanol–water partition coefficient (Wildman–Crippen LogP) is 3.95. The van der Waals surface area contributed by atoms with Crippen LogP contribution >= 0.6 is 0 Å². The number of nitrogens with one attached hydrogen (secondary N) is 3. The van der Waals surface area contributed by atoms with E-state index in [1.54, 1.807) is 48.5 Å². The molecule has 1 aliphatic heterocycles. The Kier molecular flexibility index (Phi) is 4.17. The minimum absolute atomic E-state index is 0.0390. The van der Waals surface area contributed by atoms with Gasteiger partial charge in [0.25, 0.3) is 11.8 Å². The second kappa shape index (κ2) is 7.00. The third-order valence-electron chi connectivity index (χ3n) is 4.73. The van der Waals surface area contributed by atoms with Gasteiger partial charge in [-0.2, -0.15) is 0 Å². The molecule has 7 nitrogen and oxygen atoms in total. The maximum atomic E-state index is 13.1. The van der Waals surface area contributed by atoms with Gasteiger partial charge in [-0.1, -0.05) is 0 Å². The number of aromatic nitrogens is 2. The quantitative estimate of drug-likeness (QED) is 0.483. The highest BCUT2D eigenvalue weighted by atomic mass is 19.1. The smallest absolute Gasteiger partial charge is 0.262 e. The lowest BCUT2D eigenvalue weighted by Crippen LogP contribution is -2.25. The zero-order valence-electron chi connectivity index (χ0n) is 15.5. The number of hydrogen-bond donors (Lipinski definition) is 3. The molecule has 30 heavy (non-hydrogen) atoms. The van der Waals surface area contributed by atoms with E-state index in [9.17, 15) is 14.0 Å². The largest absolute Gasteiger partial charge is 0.482 e. The lowest BCUT2D eigenvalue weighted by Gasteiger charge is -2.18. The van der Waals surface area contributed by atoms with E-state index < -0.39 is 0 Å². The topological polar surface area (TPSA) is 96.1 Å². The van der Waals surface area contributed by atoms with Crippen LogP contribution in [0.25, 0.3) is 22.4 Å². The van der Waals surface area contributed by atoms with Crippen molar-refractivity contribution >= 4 is 34.2 Å². The molecule has 1 aromatic heterocycles. The molecule has 0 spiro atoms. The number of ether oxygens (including phenoxy) is 1. The molecule has 0 saturated heterocycles. The number of hydrogen-bond acceptors (Lipinski definition) is 4. The van der Waals surface area contributed by atoms with Crippen LogP contribution in [0.15, 0.2) is 60.7 Å². The first kappa shape index (κ1) is 17.9. The maximum Gasteiger partial charge on any atom is 0.262 e. The van der Waals surface area contributed by atoms with E-state index in [1.165, 1.54) is 12.1 Å². The second-order valence-electron chi connectivity index (χ2n) is 6.83. The van der Waals surface area contributed by atoms with Crippen LogP contribution < -0.4 is 15.4 Å². The molecule has 1 aliphatic rings. The highest BCUT2D eigenvalue weighted by molar-refractivity contribution is 6.06. The Bertz CT molecular complexity index is 1300. The van der Waals surface area contributed by atoms with E-state index in [-0.39, 0.29) is 24.2 Å². The van der Waals surface area contributed by atoms with Gasteiger partial charge in [-0.25, -0.2) is 9.37 Å². The fraction of sp³-hybridized carbons (Fsp3) is 0.0455. The van der Waals surface area contributed by atoms with Crippen LogP contribution in [0.3, 0.4) is 0 Å². The van der Waals surface area contributed by atoms with Gasteiger partial charge in [-0.3, -0.25) is 9.59 Å². The van der Waals surface area contributed by atoms with Crippen molar-refractivity contribution in [2.24, 2.45) is 0 Å². The monoisotopic (exact) mass is 402 g/mol. The summed E-state index contributed by atoms with van der Waals surface area (Å²) in [7, 11) is 0. The van der Waals surface area contributed by atoms with E-state index in [0.717, 1.165) is 16.6 Å². The molecule has 0 unspecified atom stereocenters. The Labute approximate surface area is 169 Å². The number of H-pyrrole nitrogens is 1. The van der Waals surface area contributed by atoms with Gasteiger partial charge in [0.1, 0.15) is 17.4 Å². The number of imidazole rings is 1. The number of benzene rings is 3. The number of fused-ring (bicyclic) bond motifs is 2. The van der Waals surface area contributed by atoms with Crippen molar-refractivity contribution in [3.63, 3.8) is 0 Å². The van der Waals surface area contributed by atoms with Crippen molar-refractivity contribution in [3.8, 4) is 17.1 Å². The molecule has 0 saturated carbocycles. The molecule has 0 aliphatic carbocycles. The van der Waals surface area contributed by atoms with Crippen LogP contribution in [0, 0.1) is 5.82 Å². The molecule has 0 radical (unpaired) electrons. The standard InChI is InChI=1S/C22H15FN4O3/c23-14-4-1-12(2-5-14)21-26-16-7-6-15(10-17(16)27-21)24-22(29)13-3-8-19-18(9-13)25-20(28)11-30-19/h1-10H,11H2,(H,24,29)(H,25,28)(H,26,27). The van der Waals surface area contributed by atoms with Crippen LogP contribution in [-0.2, 0) is 4.79 Å². The average molecular weight is 402 g/mol. The van der Waals surface area contributed by atoms with Gasteiger partial charge in [0, 0.05) is 16.8 Å². The van der Waals surface area contributed by atoms with Gasteiger partial charge >= 0.3 is 0 Å². The third-order valence-corrected chi connectivity index (χ3v) is 4.73. The van der Waals surface area contributed by atoms with Crippen LogP contribution in [-0.4, -0.2) is 28.4 Å². The molecule has 0 bridgehead atoms. The number of carbonyl (C=O) groups excluding carboxylic acids is 2. The summed E-state index contributed by atoms with van der Waals surface area (Å²) in [6.07, 6.45) is 0. The van der Waals surface area contributed by atoms with Gasteiger partial charge in [0.05, 0.1) is 16.7 Å². The third kappa shape index (κ3) is 3.35. The van der Waals surface area contributed by atoms with Crippen molar-refractivity contribution < 1.29 is 18.7 Å². The van der Waals surface area contributed by atoms with E-state index >= 15 is 0 Å². The second-order valence-corrected chi connectivity index (χ2v) is 6.83. The summed E-state index contributed by atoms with van der Waals surface area (Å²) in [6.45, 7) is -0.0390. The van der Waals surface area contributed by atoms with Crippen molar-refractivity contribution in [1.82, 2.24) is 9.97 Å². The van der Waals surface area contributed by atoms with Crippen LogP contribution in [0.1, 0.15) is 10.4 Å². The number of rotatable bonds is 3. The van der Waals surface area contributed by atoms with Gasteiger partial charge < -0.3 is 20.4 Å². The Morgan fingerprint density at radius 3 is 2.73 bits per heavy atom. The number of aromatic amines is 1. The first-order chi connectivity index (χ1) is 14.5. The molecule has 5 rings (SSSR count). The van der Waals surface area contributed by atoms with Gasteiger partial charge in [-0.15, -0.1) is 0 Å². The lowest BCUT2D eigenvalue weighted by molar-refractivity contribution is -0.118. The molecule has 2 amide bonds. The Balaban J connectivity index is 1.39. The highest BCUT2D eigenvalue weighted by Gasteiger charge is 2.18. The van der Waals surface area contributed by atoms with Crippen molar-refractivity contribution in [1.29, 1.82) is 0 Å². The van der Waals surface area contributed by atoms with Crippen LogP contribution in [0.5, 0.6) is 5.75 Å². The molecule has 3 aromatic carbocycles. The zero-order valence-corrected chi connectivity index (χ0v) is 15.5. The molecule has 8 heteroatoms. The molecule has 148 valence electrons. The lowest BCUT2D eigenvalue weighted by atomic mass is 10.1. The zero-order chi connectivity index (χ0) is 20.7. The molecular formula is C22H15FN4O3. The highest BCUT2D eigenvalue weighted by Crippen LogP contribution is 2.29. The normalized spacial score (nSPS) is 12.8. The Morgan fingerprint density at radius 1 is 1.07 bits per heavy atom. The van der Waals surface area contributed by atoms with Crippen LogP contribution in [0.4, 0.5) is 15.8 Å². The van der Waals surface area contributed by atoms with Crippen LogP contribution in [0.2, 0.25) is 0 Å². The number of carbonyl (C=O) groups is 2. The molecule has 2 heterocycles. The average Bonchev–Trinajstić information content (AvgIpc) is 3.17. The Morgan fingerprint density at radius 2 is 1.90 bits per heavy atom. The molecular weight excluding hydrogens is 387 g/mol. The van der Waals surface area contributed by atoms with Crippen molar-refractivity contribution in [2.75, 3.05) is 17.2 Å². The summed E-state index contributed by atoms with van der Waals surface area (Å²) in [5, 5.41) is 5.52. The first-order valence-corrected chi connectivity index (χ1v) is 9.19. The van der Waals surface area contributed by atoms with Crippen molar-refractivity contribution in [2.45, 2.75) is 0 Å². The summed E-state index contributed by atoms with van der Waals surface area (Å²) in [6, 6.07) is 16.2. The molecule has 0 atom stereocenters. The summed E-state index contributed by atoms with van der Waals surface area (Å²) < 4.78 is 18.4. The summed E-state index contributed by atoms with van der Waals surface area (Å²) >= 11 is 0. The molecule has 0 fully saturated rings. The van der Waals surface area contributed by atoms with E-state index in [2.05, 4.69) is 20.6 Å². The SMILES string of the molecule is O=C1COc2ccc(C(=O)Nc3ccc4nc(-c5ccc(F)cc5)[nH]c4c3)cc2N1.